The van der Waals surface area contributed by atoms with Crippen LogP contribution in [0.15, 0.2) is 29.4 Å². The number of benzene rings is 1. The first-order chi connectivity index (χ1) is 12.9. The van der Waals surface area contributed by atoms with Crippen molar-refractivity contribution in [2.45, 2.75) is 12.1 Å². The van der Waals surface area contributed by atoms with E-state index in [4.69, 9.17) is 0 Å². The van der Waals surface area contributed by atoms with Gasteiger partial charge in [-0.15, -0.1) is 10.2 Å². The van der Waals surface area contributed by atoms with E-state index in [1.165, 1.54) is 18.7 Å². The van der Waals surface area contributed by atoms with Crippen molar-refractivity contribution in [1.82, 2.24) is 24.6 Å². The molecule has 2 heterocycles. The molecule has 3 rings (SSSR count). The molecule has 0 atom stereocenters. The molecule has 0 aliphatic carbocycles. The van der Waals surface area contributed by atoms with Crippen molar-refractivity contribution in [1.29, 1.82) is 0 Å². The first-order valence-electron chi connectivity index (χ1n) is 8.80. The van der Waals surface area contributed by atoms with E-state index in [1.807, 2.05) is 40.8 Å². The second-order valence-corrected chi connectivity index (χ2v) is 7.54. The molecule has 1 aliphatic heterocycles. The molecule has 1 aliphatic rings. The summed E-state index contributed by atoms with van der Waals surface area (Å²) < 4.78 is 1.88. The van der Waals surface area contributed by atoms with Crippen molar-refractivity contribution in [3.05, 3.63) is 24.3 Å². The zero-order chi connectivity index (χ0) is 19.4. The highest BCUT2D eigenvalue weighted by atomic mass is 32.2. The fraction of sp³-hybridized carbons (Fsp3) is 0.444. The van der Waals surface area contributed by atoms with Crippen LogP contribution in [0.25, 0.3) is 11.4 Å². The first-order valence-corrected chi connectivity index (χ1v) is 9.79. The molecule has 1 aromatic carbocycles. The number of thioether (sulfide) groups is 1. The lowest BCUT2D eigenvalue weighted by molar-refractivity contribution is -0.129. The van der Waals surface area contributed by atoms with Gasteiger partial charge in [-0.25, -0.2) is 0 Å². The van der Waals surface area contributed by atoms with E-state index in [0.717, 1.165) is 43.3 Å². The predicted octanol–water partition coefficient (Wildman–Crippen LogP) is 1.31. The number of carbonyl (C=O) groups excluding carboxylic acids is 2. The van der Waals surface area contributed by atoms with Crippen LogP contribution >= 0.6 is 11.8 Å². The van der Waals surface area contributed by atoms with E-state index >= 15 is 0 Å². The summed E-state index contributed by atoms with van der Waals surface area (Å²) in [6.45, 7) is 4.86. The van der Waals surface area contributed by atoms with Gasteiger partial charge in [-0.2, -0.15) is 0 Å². The third-order valence-corrected chi connectivity index (χ3v) is 5.48. The average Bonchev–Trinajstić information content (AvgIpc) is 3.01. The molecule has 9 heteroatoms. The monoisotopic (exact) mass is 388 g/mol. The molecule has 2 amide bonds. The summed E-state index contributed by atoms with van der Waals surface area (Å²) >= 11 is 1.40. The molecule has 0 radical (unpaired) electrons. The van der Waals surface area contributed by atoms with Crippen LogP contribution in [-0.2, 0) is 16.6 Å². The Morgan fingerprint density at radius 2 is 1.74 bits per heavy atom. The summed E-state index contributed by atoms with van der Waals surface area (Å²) in [7, 11) is 3.96. The maximum Gasteiger partial charge on any atom is 0.233 e. The number of hydrogen-bond acceptors (Lipinski definition) is 6. The molecule has 1 fully saturated rings. The van der Waals surface area contributed by atoms with Gasteiger partial charge in [-0.3, -0.25) is 9.59 Å². The fourth-order valence-corrected chi connectivity index (χ4v) is 3.69. The second kappa shape index (κ2) is 8.53. The van der Waals surface area contributed by atoms with Gasteiger partial charge in [0.25, 0.3) is 0 Å². The van der Waals surface area contributed by atoms with Gasteiger partial charge in [0.1, 0.15) is 0 Å². The van der Waals surface area contributed by atoms with E-state index in [1.54, 1.807) is 0 Å². The summed E-state index contributed by atoms with van der Waals surface area (Å²) in [5.41, 5.74) is 1.64. The van der Waals surface area contributed by atoms with Crippen LogP contribution in [0.4, 0.5) is 5.69 Å². The first kappa shape index (κ1) is 19.4. The van der Waals surface area contributed by atoms with Crippen LogP contribution in [0.3, 0.4) is 0 Å². The minimum Gasteiger partial charge on any atom is -0.339 e. The summed E-state index contributed by atoms with van der Waals surface area (Å²) in [6.07, 6.45) is 0. The SMILES string of the molecule is CC(=O)Nc1ccc(-c2nnc(SCC(=O)N3CCN(C)CC3)n2C)cc1. The fourth-order valence-electron chi connectivity index (χ4n) is 2.87. The minimum atomic E-state index is -0.106. The van der Waals surface area contributed by atoms with Gasteiger partial charge in [0.2, 0.25) is 11.8 Å². The highest BCUT2D eigenvalue weighted by Crippen LogP contribution is 2.24. The number of amides is 2. The minimum absolute atomic E-state index is 0.106. The number of anilines is 1. The maximum absolute atomic E-state index is 12.4. The molecule has 2 aromatic rings. The highest BCUT2D eigenvalue weighted by molar-refractivity contribution is 7.99. The number of rotatable bonds is 5. The standard InChI is InChI=1S/C18H24N6O2S/c1-13(25)19-15-6-4-14(5-7-15)17-20-21-18(23(17)3)27-12-16(26)24-10-8-22(2)9-11-24/h4-7H,8-12H2,1-3H3,(H,19,25). The largest absolute Gasteiger partial charge is 0.339 e. The number of nitrogens with one attached hydrogen (secondary N) is 1. The number of hydrogen-bond donors (Lipinski definition) is 1. The van der Waals surface area contributed by atoms with Gasteiger partial charge < -0.3 is 19.7 Å². The molecule has 8 nitrogen and oxygen atoms in total. The van der Waals surface area contributed by atoms with Crippen LogP contribution < -0.4 is 5.32 Å². The molecule has 1 N–H and O–H groups in total. The van der Waals surface area contributed by atoms with Crippen molar-refractivity contribution in [2.24, 2.45) is 7.05 Å². The zero-order valence-electron chi connectivity index (χ0n) is 15.8. The molecule has 1 aromatic heterocycles. The molecule has 0 unspecified atom stereocenters. The topological polar surface area (TPSA) is 83.4 Å². The Morgan fingerprint density at radius 1 is 1.07 bits per heavy atom. The zero-order valence-corrected chi connectivity index (χ0v) is 16.6. The Labute approximate surface area is 162 Å². The number of nitrogens with zero attached hydrogens (tertiary/aromatic N) is 5. The smallest absolute Gasteiger partial charge is 0.233 e. The lowest BCUT2D eigenvalue weighted by Gasteiger charge is -2.32. The van der Waals surface area contributed by atoms with Crippen LogP contribution in [0.1, 0.15) is 6.92 Å². The molecule has 1 saturated heterocycles. The van der Waals surface area contributed by atoms with E-state index in [9.17, 15) is 9.59 Å². The van der Waals surface area contributed by atoms with E-state index in [-0.39, 0.29) is 11.8 Å². The molecule has 0 saturated carbocycles. The quantitative estimate of drug-likeness (QED) is 0.778. The normalized spacial score (nSPS) is 15.0. The van der Waals surface area contributed by atoms with Crippen molar-refractivity contribution >= 4 is 29.3 Å². The van der Waals surface area contributed by atoms with Gasteiger partial charge in [-0.1, -0.05) is 11.8 Å². The summed E-state index contributed by atoms with van der Waals surface area (Å²) in [5, 5.41) is 11.9. The van der Waals surface area contributed by atoms with Crippen molar-refractivity contribution in [3.63, 3.8) is 0 Å². The lowest BCUT2D eigenvalue weighted by Crippen LogP contribution is -2.47. The average molecular weight is 388 g/mol. The van der Waals surface area contributed by atoms with Crippen LogP contribution in [0, 0.1) is 0 Å². The summed E-state index contributed by atoms with van der Waals surface area (Å²) in [6, 6.07) is 7.43. The van der Waals surface area contributed by atoms with Gasteiger partial charge in [-0.05, 0) is 31.3 Å². The van der Waals surface area contributed by atoms with Crippen LogP contribution in [0.5, 0.6) is 0 Å². The molecule has 0 spiro atoms. The van der Waals surface area contributed by atoms with Gasteiger partial charge >= 0.3 is 0 Å². The third-order valence-electron chi connectivity index (χ3n) is 4.48. The van der Waals surface area contributed by atoms with Gasteiger partial charge in [0, 0.05) is 51.4 Å². The Bertz CT molecular complexity index is 812. The highest BCUT2D eigenvalue weighted by Gasteiger charge is 2.20. The molecule has 27 heavy (non-hydrogen) atoms. The molecule has 144 valence electrons. The number of aromatic nitrogens is 3. The van der Waals surface area contributed by atoms with E-state index in [0.29, 0.717) is 10.9 Å². The Hall–Kier alpha value is -2.39. The van der Waals surface area contributed by atoms with Crippen molar-refractivity contribution in [2.75, 3.05) is 44.3 Å². The van der Waals surface area contributed by atoms with Crippen molar-refractivity contribution in [3.8, 4) is 11.4 Å². The maximum atomic E-state index is 12.4. The lowest BCUT2D eigenvalue weighted by atomic mass is 10.2. The number of likely N-dealkylation sites (N-methyl/N-ethyl adjacent to an activating group) is 1. The Balaban J connectivity index is 1.61. The molecule has 0 bridgehead atoms. The van der Waals surface area contributed by atoms with Gasteiger partial charge in [0.15, 0.2) is 11.0 Å². The number of piperazine rings is 1. The summed E-state index contributed by atoms with van der Waals surface area (Å²) in [5.74, 6) is 1.11. The van der Waals surface area contributed by atoms with Gasteiger partial charge in [0.05, 0.1) is 5.75 Å². The van der Waals surface area contributed by atoms with Crippen LogP contribution in [0.2, 0.25) is 0 Å². The predicted molar refractivity (Wildman–Crippen MR) is 106 cm³/mol. The summed E-state index contributed by atoms with van der Waals surface area (Å²) in [4.78, 5) is 27.6. The van der Waals surface area contributed by atoms with E-state index in [2.05, 4.69) is 27.5 Å². The second-order valence-electron chi connectivity index (χ2n) is 6.60. The molecular weight excluding hydrogens is 364 g/mol. The Kier molecular flexibility index (Phi) is 6.12. The van der Waals surface area contributed by atoms with E-state index < -0.39 is 0 Å². The Morgan fingerprint density at radius 3 is 2.37 bits per heavy atom. The van der Waals surface area contributed by atoms with Crippen LogP contribution in [-0.4, -0.2) is 75.4 Å². The molecular formula is C18H24N6O2S. The third kappa shape index (κ3) is 4.86. The van der Waals surface area contributed by atoms with Crippen molar-refractivity contribution < 1.29 is 9.59 Å². The number of carbonyl (C=O) groups is 2.